The molecule has 4 rings (SSSR count). The van der Waals surface area contributed by atoms with Crippen molar-refractivity contribution in [3.05, 3.63) is 51.7 Å². The number of pyridine rings is 1. The Morgan fingerprint density at radius 3 is 1.78 bits per heavy atom. The van der Waals surface area contributed by atoms with Crippen LogP contribution in [0.25, 0.3) is 32.3 Å². The van der Waals surface area contributed by atoms with Crippen LogP contribution in [0.1, 0.15) is 0 Å². The SMILES string of the molecule is Brc1nc(Br)c2ccc3cccc4ccc1c2c43. The minimum atomic E-state index is 0.889. The fraction of sp³-hybridized carbons (Fsp3) is 0. The van der Waals surface area contributed by atoms with E-state index < -0.39 is 0 Å². The highest BCUT2D eigenvalue weighted by Gasteiger charge is 2.12. The maximum Gasteiger partial charge on any atom is 0.115 e. The number of hydrogen-bond acceptors (Lipinski definition) is 1. The third-order valence-corrected chi connectivity index (χ3v) is 4.63. The van der Waals surface area contributed by atoms with Crippen LogP contribution in [0.3, 0.4) is 0 Å². The Balaban J connectivity index is 2.48. The number of benzene rings is 3. The molecule has 4 aromatic rings. The molecule has 0 aliphatic heterocycles. The van der Waals surface area contributed by atoms with E-state index in [1.54, 1.807) is 0 Å². The number of hydrogen-bond donors (Lipinski definition) is 0. The zero-order chi connectivity index (χ0) is 12.3. The minimum Gasteiger partial charge on any atom is -0.233 e. The van der Waals surface area contributed by atoms with Gasteiger partial charge in [-0.3, -0.25) is 0 Å². The lowest BCUT2D eigenvalue weighted by atomic mass is 9.96. The predicted octanol–water partition coefficient (Wildman–Crippen LogP) is 5.50. The molecule has 1 nitrogen and oxygen atoms in total. The summed E-state index contributed by atoms with van der Waals surface area (Å²) in [6.45, 7) is 0. The molecule has 3 aromatic carbocycles. The highest BCUT2D eigenvalue weighted by Crippen LogP contribution is 2.39. The van der Waals surface area contributed by atoms with Gasteiger partial charge >= 0.3 is 0 Å². The molecule has 1 aromatic heterocycles. The summed E-state index contributed by atoms with van der Waals surface area (Å²) in [6, 6.07) is 15.0. The van der Waals surface area contributed by atoms with Gasteiger partial charge in [-0.15, -0.1) is 0 Å². The van der Waals surface area contributed by atoms with Crippen molar-refractivity contribution in [1.82, 2.24) is 4.98 Å². The molecule has 86 valence electrons. The smallest absolute Gasteiger partial charge is 0.115 e. The highest BCUT2D eigenvalue weighted by molar-refractivity contribution is 9.11. The zero-order valence-electron chi connectivity index (χ0n) is 9.24. The first-order valence-corrected chi connectivity index (χ1v) is 7.23. The minimum absolute atomic E-state index is 0.889. The highest BCUT2D eigenvalue weighted by atomic mass is 79.9. The van der Waals surface area contributed by atoms with Gasteiger partial charge in [-0.25, -0.2) is 4.98 Å². The van der Waals surface area contributed by atoms with Crippen LogP contribution in [0.2, 0.25) is 0 Å². The fourth-order valence-corrected chi connectivity index (χ4v) is 3.89. The van der Waals surface area contributed by atoms with Crippen LogP contribution in [-0.4, -0.2) is 4.98 Å². The second-order valence-electron chi connectivity index (χ2n) is 4.37. The van der Waals surface area contributed by atoms with Crippen LogP contribution in [-0.2, 0) is 0 Å². The fourth-order valence-electron chi connectivity index (χ4n) is 2.63. The summed E-state index contributed by atoms with van der Waals surface area (Å²) in [4.78, 5) is 4.49. The summed E-state index contributed by atoms with van der Waals surface area (Å²) in [5.41, 5.74) is 0. The van der Waals surface area contributed by atoms with Gasteiger partial charge in [0.15, 0.2) is 0 Å². The van der Waals surface area contributed by atoms with Crippen molar-refractivity contribution in [3.8, 4) is 0 Å². The third-order valence-electron chi connectivity index (χ3n) is 3.42. The van der Waals surface area contributed by atoms with Gasteiger partial charge in [0.05, 0.1) is 0 Å². The van der Waals surface area contributed by atoms with Crippen LogP contribution in [0.5, 0.6) is 0 Å². The Morgan fingerprint density at radius 2 is 1.22 bits per heavy atom. The predicted molar refractivity (Wildman–Crippen MR) is 83.3 cm³/mol. The Kier molecular flexibility index (Phi) is 2.17. The van der Waals surface area contributed by atoms with Gasteiger partial charge in [0.2, 0.25) is 0 Å². The number of nitrogens with zero attached hydrogens (tertiary/aromatic N) is 1. The van der Waals surface area contributed by atoms with Gasteiger partial charge in [-0.2, -0.15) is 0 Å². The van der Waals surface area contributed by atoms with E-state index in [0.717, 1.165) is 20.0 Å². The summed E-state index contributed by atoms with van der Waals surface area (Å²) in [6.07, 6.45) is 0. The van der Waals surface area contributed by atoms with E-state index in [1.807, 2.05) is 0 Å². The monoisotopic (exact) mass is 359 g/mol. The van der Waals surface area contributed by atoms with Crippen molar-refractivity contribution in [2.24, 2.45) is 0 Å². The average molecular weight is 361 g/mol. The van der Waals surface area contributed by atoms with Crippen LogP contribution < -0.4 is 0 Å². The molecule has 0 atom stereocenters. The first kappa shape index (κ1) is 10.7. The summed E-state index contributed by atoms with van der Waals surface area (Å²) >= 11 is 7.10. The first-order chi connectivity index (χ1) is 8.75. The molecule has 0 radical (unpaired) electrons. The molecule has 0 fully saturated rings. The van der Waals surface area contributed by atoms with E-state index >= 15 is 0 Å². The maximum absolute atomic E-state index is 4.49. The topological polar surface area (TPSA) is 12.9 Å². The summed E-state index contributed by atoms with van der Waals surface area (Å²) in [7, 11) is 0. The van der Waals surface area contributed by atoms with Crippen LogP contribution in [0, 0.1) is 0 Å². The van der Waals surface area contributed by atoms with E-state index in [4.69, 9.17) is 0 Å². The maximum atomic E-state index is 4.49. The molecular weight excluding hydrogens is 354 g/mol. The van der Waals surface area contributed by atoms with Gasteiger partial charge in [0, 0.05) is 16.2 Å². The van der Waals surface area contributed by atoms with Crippen molar-refractivity contribution >= 4 is 64.2 Å². The van der Waals surface area contributed by atoms with Crippen LogP contribution >= 0.6 is 31.9 Å². The number of rotatable bonds is 0. The van der Waals surface area contributed by atoms with Crippen LogP contribution in [0.4, 0.5) is 0 Å². The van der Waals surface area contributed by atoms with Gasteiger partial charge in [-0.05, 0) is 48.0 Å². The van der Waals surface area contributed by atoms with Crippen LogP contribution in [0.15, 0.2) is 51.7 Å². The summed E-state index contributed by atoms with van der Waals surface area (Å²) < 4.78 is 1.78. The van der Waals surface area contributed by atoms with E-state index in [-0.39, 0.29) is 0 Å². The van der Waals surface area contributed by atoms with Crippen molar-refractivity contribution in [2.45, 2.75) is 0 Å². The van der Waals surface area contributed by atoms with Crippen molar-refractivity contribution in [2.75, 3.05) is 0 Å². The van der Waals surface area contributed by atoms with E-state index in [1.165, 1.54) is 21.5 Å². The molecule has 18 heavy (non-hydrogen) atoms. The molecule has 0 aliphatic carbocycles. The summed E-state index contributed by atoms with van der Waals surface area (Å²) in [5.74, 6) is 0. The molecular formula is C15H7Br2N. The lowest BCUT2D eigenvalue weighted by Crippen LogP contribution is -1.88. The Bertz CT molecular complexity index is 832. The molecule has 0 spiro atoms. The molecule has 0 unspecified atom stereocenters. The molecule has 3 heteroatoms. The van der Waals surface area contributed by atoms with Crippen molar-refractivity contribution in [3.63, 3.8) is 0 Å². The normalized spacial score (nSPS) is 11.9. The Labute approximate surface area is 120 Å². The lowest BCUT2D eigenvalue weighted by molar-refractivity contribution is 1.29. The van der Waals surface area contributed by atoms with E-state index in [2.05, 4.69) is 79.3 Å². The van der Waals surface area contributed by atoms with Crippen molar-refractivity contribution in [1.29, 1.82) is 0 Å². The molecule has 1 heterocycles. The lowest BCUT2D eigenvalue weighted by Gasteiger charge is -2.12. The van der Waals surface area contributed by atoms with E-state index in [9.17, 15) is 0 Å². The number of aromatic nitrogens is 1. The molecule has 0 aliphatic rings. The van der Waals surface area contributed by atoms with Gasteiger partial charge < -0.3 is 0 Å². The van der Waals surface area contributed by atoms with Crippen molar-refractivity contribution < 1.29 is 0 Å². The molecule has 0 bridgehead atoms. The van der Waals surface area contributed by atoms with E-state index in [0.29, 0.717) is 0 Å². The number of halogens is 2. The summed E-state index contributed by atoms with van der Waals surface area (Å²) in [5, 5.41) is 7.47. The average Bonchev–Trinajstić information content (AvgIpc) is 2.38. The molecule has 0 amide bonds. The molecule has 0 saturated heterocycles. The largest absolute Gasteiger partial charge is 0.233 e. The second-order valence-corrected chi connectivity index (χ2v) is 5.88. The molecule has 0 saturated carbocycles. The first-order valence-electron chi connectivity index (χ1n) is 5.64. The Morgan fingerprint density at radius 1 is 0.667 bits per heavy atom. The quantitative estimate of drug-likeness (QED) is 0.298. The standard InChI is InChI=1S/C15H7Br2N/c16-14-10-6-4-8-2-1-3-9-5-7-11(15(17)18-14)13(10)12(8)9/h1-7H. The molecule has 0 N–H and O–H groups in total. The van der Waals surface area contributed by atoms with Gasteiger partial charge in [-0.1, -0.05) is 42.5 Å². The van der Waals surface area contributed by atoms with Gasteiger partial charge in [0.25, 0.3) is 0 Å². The second kappa shape index (κ2) is 3.65. The Hall–Kier alpha value is -1.19. The third kappa shape index (κ3) is 1.29. The van der Waals surface area contributed by atoms with Gasteiger partial charge in [0.1, 0.15) is 9.21 Å². The zero-order valence-corrected chi connectivity index (χ0v) is 12.4.